The van der Waals surface area contributed by atoms with Crippen LogP contribution in [0.4, 0.5) is 0 Å². The molecular formula is C12H12N6. The third-order valence-electron chi connectivity index (χ3n) is 2.81. The molecule has 0 saturated carbocycles. The van der Waals surface area contributed by atoms with Crippen molar-refractivity contribution in [3.8, 4) is 5.69 Å². The van der Waals surface area contributed by atoms with Gasteiger partial charge in [-0.05, 0) is 24.6 Å². The van der Waals surface area contributed by atoms with Gasteiger partial charge in [-0.1, -0.05) is 12.1 Å². The molecule has 2 heterocycles. The topological polar surface area (TPSA) is 85.5 Å². The fraction of sp³-hybridized carbons (Fsp3) is 0.0833. The van der Waals surface area contributed by atoms with Crippen molar-refractivity contribution in [2.75, 3.05) is 5.84 Å². The summed E-state index contributed by atoms with van der Waals surface area (Å²) in [5.41, 5.74) is 2.89. The molecule has 90 valence electrons. The Morgan fingerprint density at radius 2 is 2.17 bits per heavy atom. The van der Waals surface area contributed by atoms with E-state index in [1.54, 1.807) is 10.9 Å². The number of aromatic nitrogens is 4. The lowest BCUT2D eigenvalue weighted by Gasteiger charge is -2.04. The van der Waals surface area contributed by atoms with E-state index in [-0.39, 0.29) is 5.49 Å². The Labute approximate surface area is 103 Å². The van der Waals surface area contributed by atoms with Crippen LogP contribution in [0.2, 0.25) is 0 Å². The third kappa shape index (κ3) is 1.46. The number of nitrogens with two attached hydrogens (primary N) is 1. The van der Waals surface area contributed by atoms with Crippen LogP contribution in [0.25, 0.3) is 16.7 Å². The molecule has 0 aliphatic heterocycles. The molecule has 0 unspecified atom stereocenters. The maximum atomic E-state index is 7.85. The van der Waals surface area contributed by atoms with Crippen LogP contribution in [0.3, 0.4) is 0 Å². The van der Waals surface area contributed by atoms with E-state index in [1.165, 1.54) is 11.0 Å². The molecule has 0 saturated heterocycles. The normalized spacial score (nSPS) is 10.9. The summed E-state index contributed by atoms with van der Waals surface area (Å²) in [5, 5.41) is 12.8. The Kier molecular flexibility index (Phi) is 2.16. The van der Waals surface area contributed by atoms with Gasteiger partial charge in [0.25, 0.3) is 0 Å². The molecule has 6 heteroatoms. The summed E-state index contributed by atoms with van der Waals surface area (Å²) in [4.78, 5) is 4.23. The number of nitrogens with one attached hydrogen (secondary N) is 1. The second-order valence-corrected chi connectivity index (χ2v) is 4.13. The van der Waals surface area contributed by atoms with Crippen LogP contribution in [0.5, 0.6) is 0 Å². The van der Waals surface area contributed by atoms with Gasteiger partial charge in [0.15, 0.2) is 11.1 Å². The van der Waals surface area contributed by atoms with Crippen LogP contribution in [0, 0.1) is 12.3 Å². The molecule has 0 radical (unpaired) electrons. The van der Waals surface area contributed by atoms with E-state index < -0.39 is 0 Å². The average Bonchev–Trinajstić information content (AvgIpc) is 2.78. The summed E-state index contributed by atoms with van der Waals surface area (Å²) in [6.07, 6.45) is 3.02. The van der Waals surface area contributed by atoms with Crippen LogP contribution in [0.1, 0.15) is 5.56 Å². The van der Waals surface area contributed by atoms with Gasteiger partial charge in [-0.25, -0.2) is 14.3 Å². The highest BCUT2D eigenvalue weighted by Crippen LogP contribution is 2.14. The number of aryl methyl sites for hydroxylation is 1. The van der Waals surface area contributed by atoms with E-state index >= 15 is 0 Å². The van der Waals surface area contributed by atoms with Gasteiger partial charge in [-0.15, -0.1) is 0 Å². The van der Waals surface area contributed by atoms with Crippen molar-refractivity contribution in [2.45, 2.75) is 6.92 Å². The second-order valence-electron chi connectivity index (χ2n) is 4.13. The molecule has 3 rings (SSSR count). The minimum Gasteiger partial charge on any atom is -0.336 e. The Morgan fingerprint density at radius 1 is 1.33 bits per heavy atom. The highest BCUT2D eigenvalue weighted by Gasteiger charge is 2.08. The highest BCUT2D eigenvalue weighted by atomic mass is 15.3. The van der Waals surface area contributed by atoms with Gasteiger partial charge in [-0.3, -0.25) is 5.41 Å². The van der Waals surface area contributed by atoms with E-state index in [1.807, 2.05) is 31.2 Å². The predicted octanol–water partition coefficient (Wildman–Crippen LogP) is 0.724. The SMILES string of the molecule is Cc1cccc(-n2ncc3c(=N)n(N)cnc32)c1. The Bertz CT molecular complexity index is 783. The predicted molar refractivity (Wildman–Crippen MR) is 67.6 cm³/mol. The van der Waals surface area contributed by atoms with Crippen molar-refractivity contribution in [1.82, 2.24) is 19.4 Å². The largest absolute Gasteiger partial charge is 0.336 e. The fourth-order valence-electron chi connectivity index (χ4n) is 1.90. The molecule has 0 bridgehead atoms. The Balaban J connectivity index is 2.32. The third-order valence-corrected chi connectivity index (χ3v) is 2.81. The van der Waals surface area contributed by atoms with Gasteiger partial charge in [0, 0.05) is 0 Å². The zero-order valence-electron chi connectivity index (χ0n) is 9.83. The molecule has 0 aliphatic rings. The molecular weight excluding hydrogens is 228 g/mol. The zero-order chi connectivity index (χ0) is 12.7. The quantitative estimate of drug-likeness (QED) is 0.615. The molecule has 1 aromatic carbocycles. The minimum absolute atomic E-state index is 0.193. The Morgan fingerprint density at radius 3 is 2.94 bits per heavy atom. The smallest absolute Gasteiger partial charge is 0.168 e. The van der Waals surface area contributed by atoms with E-state index in [9.17, 15) is 0 Å². The molecule has 2 aromatic heterocycles. The number of nitrogen functional groups attached to an aromatic ring is 1. The fourth-order valence-corrected chi connectivity index (χ4v) is 1.90. The van der Waals surface area contributed by atoms with E-state index in [0.717, 1.165) is 11.3 Å². The van der Waals surface area contributed by atoms with Gasteiger partial charge >= 0.3 is 0 Å². The standard InChI is InChI=1S/C12H12N6/c1-8-3-2-4-9(5-8)18-12-10(6-16-18)11(13)17(14)7-15-12/h2-7,13H,14H2,1H3. The summed E-state index contributed by atoms with van der Waals surface area (Å²) >= 11 is 0. The lowest BCUT2D eigenvalue weighted by molar-refractivity contribution is 0.850. The number of rotatable bonds is 1. The van der Waals surface area contributed by atoms with E-state index in [0.29, 0.717) is 11.0 Å². The first-order valence-electron chi connectivity index (χ1n) is 5.49. The van der Waals surface area contributed by atoms with Gasteiger partial charge in [0.1, 0.15) is 6.33 Å². The van der Waals surface area contributed by atoms with Gasteiger partial charge in [0.05, 0.1) is 17.3 Å². The number of hydrogen-bond acceptors (Lipinski definition) is 4. The maximum Gasteiger partial charge on any atom is 0.168 e. The number of benzene rings is 1. The molecule has 3 N–H and O–H groups in total. The summed E-state index contributed by atoms with van der Waals surface area (Å²) < 4.78 is 2.88. The summed E-state index contributed by atoms with van der Waals surface area (Å²) in [5.74, 6) is 5.59. The molecule has 0 fully saturated rings. The van der Waals surface area contributed by atoms with Crippen molar-refractivity contribution in [3.63, 3.8) is 0 Å². The number of hydrogen-bond donors (Lipinski definition) is 2. The van der Waals surface area contributed by atoms with E-state index in [2.05, 4.69) is 10.1 Å². The monoisotopic (exact) mass is 240 g/mol. The molecule has 0 spiro atoms. The number of fused-ring (bicyclic) bond motifs is 1. The first-order chi connectivity index (χ1) is 8.66. The molecule has 3 aromatic rings. The van der Waals surface area contributed by atoms with Gasteiger partial charge in [0.2, 0.25) is 0 Å². The van der Waals surface area contributed by atoms with Gasteiger partial charge in [-0.2, -0.15) is 5.10 Å². The molecule has 0 aliphatic carbocycles. The van der Waals surface area contributed by atoms with Crippen LogP contribution in [-0.2, 0) is 0 Å². The molecule has 0 amide bonds. The van der Waals surface area contributed by atoms with Crippen LogP contribution in [-0.4, -0.2) is 19.4 Å². The second kappa shape index (κ2) is 3.69. The van der Waals surface area contributed by atoms with Crippen LogP contribution < -0.4 is 11.3 Å². The highest BCUT2D eigenvalue weighted by molar-refractivity contribution is 5.74. The number of nitrogens with zero attached hydrogens (tertiary/aromatic N) is 4. The van der Waals surface area contributed by atoms with Crippen molar-refractivity contribution in [3.05, 3.63) is 47.8 Å². The van der Waals surface area contributed by atoms with E-state index in [4.69, 9.17) is 11.3 Å². The van der Waals surface area contributed by atoms with Crippen molar-refractivity contribution < 1.29 is 0 Å². The van der Waals surface area contributed by atoms with Gasteiger partial charge < -0.3 is 5.84 Å². The molecule has 18 heavy (non-hydrogen) atoms. The maximum absolute atomic E-state index is 7.85. The zero-order valence-corrected chi connectivity index (χ0v) is 9.83. The summed E-state index contributed by atoms with van der Waals surface area (Å²) in [6.45, 7) is 2.02. The molecule has 0 atom stereocenters. The summed E-state index contributed by atoms with van der Waals surface area (Å²) in [7, 11) is 0. The Hall–Kier alpha value is -2.63. The van der Waals surface area contributed by atoms with Crippen molar-refractivity contribution in [1.29, 1.82) is 5.41 Å². The minimum atomic E-state index is 0.193. The first-order valence-corrected chi connectivity index (χ1v) is 5.49. The lowest BCUT2D eigenvalue weighted by atomic mass is 10.2. The van der Waals surface area contributed by atoms with Crippen molar-refractivity contribution >= 4 is 11.0 Å². The lowest BCUT2D eigenvalue weighted by Crippen LogP contribution is -2.27. The van der Waals surface area contributed by atoms with Crippen LogP contribution >= 0.6 is 0 Å². The summed E-state index contributed by atoms with van der Waals surface area (Å²) in [6, 6.07) is 7.95. The van der Waals surface area contributed by atoms with Crippen LogP contribution in [0.15, 0.2) is 36.8 Å². The van der Waals surface area contributed by atoms with Crippen molar-refractivity contribution in [2.24, 2.45) is 0 Å². The molecule has 6 nitrogen and oxygen atoms in total. The first kappa shape index (κ1) is 10.5. The average molecular weight is 240 g/mol.